The molecule has 2 saturated heterocycles. The molecular formula is C13H22N2O5. The molecule has 7 nitrogen and oxygen atoms in total. The molecule has 0 radical (unpaired) electrons. The number of amides is 1. The molecule has 0 aromatic rings. The largest absolute Gasteiger partial charge is 0.467 e. The van der Waals surface area contributed by atoms with Crippen LogP contribution in [-0.4, -0.2) is 61.0 Å². The van der Waals surface area contributed by atoms with Crippen molar-refractivity contribution in [2.75, 3.05) is 20.3 Å². The summed E-state index contributed by atoms with van der Waals surface area (Å²) >= 11 is 0. The fourth-order valence-corrected chi connectivity index (χ4v) is 2.79. The first-order valence-electron chi connectivity index (χ1n) is 6.68. The van der Waals surface area contributed by atoms with Gasteiger partial charge in [0, 0.05) is 12.0 Å². The van der Waals surface area contributed by atoms with Crippen molar-refractivity contribution in [1.82, 2.24) is 4.90 Å². The van der Waals surface area contributed by atoms with Gasteiger partial charge in [0.1, 0.15) is 11.6 Å². The quantitative estimate of drug-likeness (QED) is 0.689. The van der Waals surface area contributed by atoms with Crippen molar-refractivity contribution in [3.8, 4) is 0 Å². The molecule has 0 spiro atoms. The molecule has 2 heterocycles. The average molecular weight is 286 g/mol. The molecule has 4 atom stereocenters. The Hall–Kier alpha value is -1.34. The summed E-state index contributed by atoms with van der Waals surface area (Å²) in [6, 6.07) is -1.54. The predicted molar refractivity (Wildman–Crippen MR) is 69.9 cm³/mol. The van der Waals surface area contributed by atoms with Crippen molar-refractivity contribution >= 4 is 12.1 Å². The fourth-order valence-electron chi connectivity index (χ4n) is 2.79. The smallest absolute Gasteiger partial charge is 0.411 e. The number of nitrogens with zero attached hydrogens (tertiary/aromatic N) is 1. The number of carbonyl (C=O) groups excluding carboxylic acids is 2. The summed E-state index contributed by atoms with van der Waals surface area (Å²) in [6.07, 6.45) is -0.554. The second-order valence-electron chi connectivity index (χ2n) is 6.20. The minimum Gasteiger partial charge on any atom is -0.467 e. The van der Waals surface area contributed by atoms with Crippen molar-refractivity contribution in [1.29, 1.82) is 0 Å². The van der Waals surface area contributed by atoms with Crippen molar-refractivity contribution in [2.45, 2.75) is 44.5 Å². The lowest BCUT2D eigenvalue weighted by molar-refractivity contribution is -0.146. The first-order chi connectivity index (χ1) is 9.26. The van der Waals surface area contributed by atoms with Gasteiger partial charge in [-0.2, -0.15) is 0 Å². The molecule has 2 aliphatic rings. The van der Waals surface area contributed by atoms with E-state index in [2.05, 4.69) is 0 Å². The van der Waals surface area contributed by atoms with Crippen LogP contribution in [0, 0.1) is 5.92 Å². The number of nitrogens with two attached hydrogens (primary N) is 1. The van der Waals surface area contributed by atoms with Gasteiger partial charge < -0.3 is 19.9 Å². The van der Waals surface area contributed by atoms with E-state index in [-0.39, 0.29) is 12.0 Å². The number of hydrogen-bond acceptors (Lipinski definition) is 6. The van der Waals surface area contributed by atoms with Crippen LogP contribution in [0.15, 0.2) is 0 Å². The van der Waals surface area contributed by atoms with E-state index < -0.39 is 29.7 Å². The number of hydrogen-bond donors (Lipinski definition) is 1. The second kappa shape index (κ2) is 5.21. The van der Waals surface area contributed by atoms with Gasteiger partial charge >= 0.3 is 12.1 Å². The molecule has 2 N–H and O–H groups in total. The lowest BCUT2D eigenvalue weighted by atomic mass is 9.97. The Kier molecular flexibility index (Phi) is 3.93. The molecule has 2 rings (SSSR count). The number of ether oxygens (including phenoxy) is 3. The minimum absolute atomic E-state index is 0.0633. The van der Waals surface area contributed by atoms with Crippen LogP contribution in [0.5, 0.6) is 0 Å². The SMILES string of the molecule is COC(=O)[C@@H]1[C@@H](N)[C@H]2COC[C@H]2N1C(=O)OC(C)(C)C. The Balaban J connectivity index is 2.25. The third-order valence-corrected chi connectivity index (χ3v) is 3.66. The zero-order valence-electron chi connectivity index (χ0n) is 12.3. The van der Waals surface area contributed by atoms with E-state index in [4.69, 9.17) is 19.9 Å². The monoisotopic (exact) mass is 286 g/mol. The Labute approximate surface area is 118 Å². The van der Waals surface area contributed by atoms with E-state index in [1.807, 2.05) is 0 Å². The molecule has 20 heavy (non-hydrogen) atoms. The van der Waals surface area contributed by atoms with Gasteiger partial charge in [0.25, 0.3) is 0 Å². The summed E-state index contributed by atoms with van der Waals surface area (Å²) in [4.78, 5) is 25.7. The van der Waals surface area contributed by atoms with Crippen LogP contribution in [-0.2, 0) is 19.0 Å². The van der Waals surface area contributed by atoms with Gasteiger partial charge in [-0.25, -0.2) is 9.59 Å². The molecule has 0 unspecified atom stereocenters. The van der Waals surface area contributed by atoms with Gasteiger partial charge in [0.15, 0.2) is 0 Å². The Morgan fingerprint density at radius 1 is 1.30 bits per heavy atom. The topological polar surface area (TPSA) is 91.1 Å². The van der Waals surface area contributed by atoms with E-state index in [1.54, 1.807) is 20.8 Å². The fraction of sp³-hybridized carbons (Fsp3) is 0.846. The first-order valence-corrected chi connectivity index (χ1v) is 6.68. The van der Waals surface area contributed by atoms with Gasteiger partial charge in [0.2, 0.25) is 0 Å². The highest BCUT2D eigenvalue weighted by atomic mass is 16.6. The molecule has 2 fully saturated rings. The van der Waals surface area contributed by atoms with E-state index in [0.717, 1.165) is 0 Å². The van der Waals surface area contributed by atoms with Gasteiger partial charge in [-0.1, -0.05) is 0 Å². The maximum atomic E-state index is 12.4. The van der Waals surface area contributed by atoms with E-state index in [1.165, 1.54) is 12.0 Å². The molecule has 0 aromatic carbocycles. The van der Waals surface area contributed by atoms with Gasteiger partial charge in [0.05, 0.1) is 26.4 Å². The van der Waals surface area contributed by atoms with Crippen LogP contribution in [0.3, 0.4) is 0 Å². The average Bonchev–Trinajstić information content (AvgIpc) is 2.88. The number of carbonyl (C=O) groups is 2. The summed E-state index contributed by atoms with van der Waals surface area (Å²) in [6.45, 7) is 6.13. The highest BCUT2D eigenvalue weighted by Crippen LogP contribution is 2.35. The zero-order valence-corrected chi connectivity index (χ0v) is 12.3. The van der Waals surface area contributed by atoms with Crippen molar-refractivity contribution < 1.29 is 23.8 Å². The third kappa shape index (κ3) is 2.60. The molecular weight excluding hydrogens is 264 g/mol. The molecule has 1 amide bonds. The van der Waals surface area contributed by atoms with Crippen LogP contribution in [0.2, 0.25) is 0 Å². The molecule has 0 bridgehead atoms. The minimum atomic E-state index is -0.811. The molecule has 7 heteroatoms. The molecule has 0 aliphatic carbocycles. The van der Waals surface area contributed by atoms with Gasteiger partial charge in [-0.15, -0.1) is 0 Å². The lowest BCUT2D eigenvalue weighted by Crippen LogP contribution is -2.52. The molecule has 0 aromatic heterocycles. The highest BCUT2D eigenvalue weighted by molar-refractivity contribution is 5.83. The van der Waals surface area contributed by atoms with Crippen LogP contribution in [0.4, 0.5) is 4.79 Å². The Morgan fingerprint density at radius 3 is 2.50 bits per heavy atom. The van der Waals surface area contributed by atoms with Crippen LogP contribution in [0.25, 0.3) is 0 Å². The Morgan fingerprint density at radius 2 is 1.95 bits per heavy atom. The standard InChI is InChI=1S/C13H22N2O5/c1-13(2,3)20-12(17)15-8-6-19-5-7(8)9(14)10(15)11(16)18-4/h7-10H,5-6,14H2,1-4H3/t7-,8+,9-,10-/m0/s1. The number of esters is 1. The normalized spacial score (nSPS) is 33.0. The summed E-state index contributed by atoms with van der Waals surface area (Å²) in [5.74, 6) is -0.579. The van der Waals surface area contributed by atoms with Gasteiger partial charge in [-0.3, -0.25) is 4.90 Å². The summed E-state index contributed by atoms with van der Waals surface area (Å²) in [5, 5.41) is 0. The molecule has 0 saturated carbocycles. The molecule has 114 valence electrons. The summed E-state index contributed by atoms with van der Waals surface area (Å²) in [7, 11) is 1.28. The number of likely N-dealkylation sites (tertiary alicyclic amines) is 1. The second-order valence-corrected chi connectivity index (χ2v) is 6.20. The Bertz CT molecular complexity index is 406. The van der Waals surface area contributed by atoms with E-state index in [0.29, 0.717) is 13.2 Å². The van der Waals surface area contributed by atoms with Crippen LogP contribution in [0.1, 0.15) is 20.8 Å². The van der Waals surface area contributed by atoms with Crippen LogP contribution < -0.4 is 5.73 Å². The summed E-state index contributed by atoms with van der Waals surface area (Å²) < 4.78 is 15.5. The van der Waals surface area contributed by atoms with Crippen LogP contribution >= 0.6 is 0 Å². The van der Waals surface area contributed by atoms with Crippen molar-refractivity contribution in [3.05, 3.63) is 0 Å². The first kappa shape index (κ1) is 15.1. The maximum absolute atomic E-state index is 12.4. The van der Waals surface area contributed by atoms with Crippen molar-refractivity contribution in [2.24, 2.45) is 11.7 Å². The molecule has 2 aliphatic heterocycles. The number of rotatable bonds is 1. The maximum Gasteiger partial charge on any atom is 0.411 e. The number of methoxy groups -OCH3 is 1. The van der Waals surface area contributed by atoms with Crippen molar-refractivity contribution in [3.63, 3.8) is 0 Å². The number of fused-ring (bicyclic) bond motifs is 1. The van der Waals surface area contributed by atoms with E-state index >= 15 is 0 Å². The lowest BCUT2D eigenvalue weighted by Gasteiger charge is -2.31. The van der Waals surface area contributed by atoms with Gasteiger partial charge in [-0.05, 0) is 20.8 Å². The van der Waals surface area contributed by atoms with E-state index in [9.17, 15) is 9.59 Å². The highest BCUT2D eigenvalue weighted by Gasteiger charge is 2.56. The zero-order chi connectivity index (χ0) is 15.1. The summed E-state index contributed by atoms with van der Waals surface area (Å²) in [5.41, 5.74) is 5.46. The predicted octanol–water partition coefficient (Wildman–Crippen LogP) is 0.121. The third-order valence-electron chi connectivity index (χ3n) is 3.66.